The van der Waals surface area contributed by atoms with Crippen molar-refractivity contribution in [2.45, 2.75) is 50.8 Å². The Morgan fingerprint density at radius 3 is 2.32 bits per heavy atom. The van der Waals surface area contributed by atoms with Crippen LogP contribution < -0.4 is 5.32 Å². The molecule has 6 heteroatoms. The first-order valence-corrected chi connectivity index (χ1v) is 10.4. The van der Waals surface area contributed by atoms with E-state index in [1.54, 1.807) is 11.8 Å². The lowest BCUT2D eigenvalue weighted by Gasteiger charge is -2.21. The zero-order valence-electron chi connectivity index (χ0n) is 15.2. The lowest BCUT2D eigenvalue weighted by atomic mass is 10.2. The number of nitrogens with one attached hydrogen (secondary N) is 1. The second-order valence-corrected chi connectivity index (χ2v) is 7.49. The van der Waals surface area contributed by atoms with Gasteiger partial charge in [-0.3, -0.25) is 9.59 Å². The minimum atomic E-state index is 0.0158. The molecule has 0 bridgehead atoms. The van der Waals surface area contributed by atoms with E-state index in [2.05, 4.69) is 19.2 Å². The summed E-state index contributed by atoms with van der Waals surface area (Å²) >= 11 is 7.53. The van der Waals surface area contributed by atoms with Crippen LogP contribution in [0.2, 0.25) is 5.02 Å². The summed E-state index contributed by atoms with van der Waals surface area (Å²) in [6, 6.07) is 7.66. The van der Waals surface area contributed by atoms with Crippen molar-refractivity contribution in [2.75, 3.05) is 25.4 Å². The highest BCUT2D eigenvalue weighted by molar-refractivity contribution is 7.99. The van der Waals surface area contributed by atoms with E-state index in [1.165, 1.54) is 0 Å². The zero-order chi connectivity index (χ0) is 18.5. The maximum atomic E-state index is 12.1. The summed E-state index contributed by atoms with van der Waals surface area (Å²) in [5.41, 5.74) is 0. The largest absolute Gasteiger partial charge is 0.355 e. The maximum absolute atomic E-state index is 12.1. The van der Waals surface area contributed by atoms with E-state index in [0.717, 1.165) is 41.6 Å². The standard InChI is InChI=1S/C19H29ClN2O2S/c1-3-13-22(14-4-2)19(24)7-5-6-18(23)21-12-15-25-17-10-8-16(20)9-11-17/h8-11H,3-7,12-15H2,1-2H3,(H,21,23). The van der Waals surface area contributed by atoms with Crippen LogP contribution >= 0.6 is 23.4 Å². The lowest BCUT2D eigenvalue weighted by Crippen LogP contribution is -2.32. The van der Waals surface area contributed by atoms with E-state index >= 15 is 0 Å². The zero-order valence-corrected chi connectivity index (χ0v) is 16.8. The van der Waals surface area contributed by atoms with Crippen molar-refractivity contribution >= 4 is 35.2 Å². The Kier molecular flexibility index (Phi) is 11.4. The fourth-order valence-corrected chi connectivity index (χ4v) is 3.33. The SMILES string of the molecule is CCCN(CCC)C(=O)CCCC(=O)NCCSc1ccc(Cl)cc1. The molecule has 0 heterocycles. The molecule has 1 aromatic rings. The third kappa shape index (κ3) is 9.75. The van der Waals surface area contributed by atoms with Crippen molar-refractivity contribution in [2.24, 2.45) is 0 Å². The first-order valence-electron chi connectivity index (χ1n) is 8.99. The Hall–Kier alpha value is -1.20. The molecule has 0 saturated heterocycles. The van der Waals surface area contributed by atoms with Crippen LogP contribution in [0, 0.1) is 0 Å². The van der Waals surface area contributed by atoms with E-state index in [0.29, 0.717) is 25.8 Å². The van der Waals surface area contributed by atoms with Crippen LogP contribution in [0.5, 0.6) is 0 Å². The van der Waals surface area contributed by atoms with Gasteiger partial charge in [-0.2, -0.15) is 0 Å². The number of carbonyl (C=O) groups excluding carboxylic acids is 2. The monoisotopic (exact) mass is 384 g/mol. The van der Waals surface area contributed by atoms with Crippen LogP contribution in [0.4, 0.5) is 0 Å². The van der Waals surface area contributed by atoms with Crippen LogP contribution in [0.1, 0.15) is 46.0 Å². The molecule has 0 saturated carbocycles. The molecule has 4 nitrogen and oxygen atoms in total. The van der Waals surface area contributed by atoms with Crippen LogP contribution in [0.15, 0.2) is 29.2 Å². The van der Waals surface area contributed by atoms with Gasteiger partial charge in [0.1, 0.15) is 0 Å². The smallest absolute Gasteiger partial charge is 0.222 e. The highest BCUT2D eigenvalue weighted by Gasteiger charge is 2.12. The molecular formula is C19H29ClN2O2S. The molecule has 1 rings (SSSR count). The van der Waals surface area contributed by atoms with Gasteiger partial charge in [-0.25, -0.2) is 0 Å². The Morgan fingerprint density at radius 2 is 1.72 bits per heavy atom. The summed E-state index contributed by atoms with van der Waals surface area (Å²) in [6.45, 7) is 6.39. The minimum absolute atomic E-state index is 0.0158. The van der Waals surface area contributed by atoms with Gasteiger partial charge in [0.2, 0.25) is 11.8 Å². The molecule has 0 spiro atoms. The molecule has 0 aliphatic carbocycles. The van der Waals surface area contributed by atoms with Crippen LogP contribution in [-0.4, -0.2) is 42.1 Å². The molecule has 0 atom stereocenters. The van der Waals surface area contributed by atoms with Gasteiger partial charge in [0, 0.05) is 48.1 Å². The van der Waals surface area contributed by atoms with E-state index in [9.17, 15) is 9.59 Å². The quantitative estimate of drug-likeness (QED) is 0.430. The van der Waals surface area contributed by atoms with Crippen LogP contribution in [0.3, 0.4) is 0 Å². The average molecular weight is 385 g/mol. The van der Waals surface area contributed by atoms with Crippen LogP contribution in [-0.2, 0) is 9.59 Å². The Morgan fingerprint density at radius 1 is 1.08 bits per heavy atom. The van der Waals surface area contributed by atoms with Crippen molar-refractivity contribution in [1.82, 2.24) is 10.2 Å². The Bertz CT molecular complexity index is 517. The molecule has 0 aliphatic heterocycles. The second kappa shape index (κ2) is 13.1. The number of carbonyl (C=O) groups is 2. The number of benzene rings is 1. The van der Waals surface area contributed by atoms with Crippen molar-refractivity contribution in [3.05, 3.63) is 29.3 Å². The van der Waals surface area contributed by atoms with E-state index in [4.69, 9.17) is 11.6 Å². The molecule has 1 aromatic carbocycles. The van der Waals surface area contributed by atoms with Crippen molar-refractivity contribution in [1.29, 1.82) is 0 Å². The predicted octanol–water partition coefficient (Wildman–Crippen LogP) is 4.37. The number of hydrogen-bond acceptors (Lipinski definition) is 3. The minimum Gasteiger partial charge on any atom is -0.355 e. The van der Waals surface area contributed by atoms with Gasteiger partial charge in [0.15, 0.2) is 0 Å². The Labute approximate surface area is 160 Å². The molecule has 1 N–H and O–H groups in total. The first-order chi connectivity index (χ1) is 12.1. The van der Waals surface area contributed by atoms with E-state index in [1.807, 2.05) is 29.2 Å². The number of halogens is 1. The number of thioether (sulfide) groups is 1. The summed E-state index contributed by atoms with van der Waals surface area (Å²) < 4.78 is 0. The van der Waals surface area contributed by atoms with Crippen molar-refractivity contribution in [3.63, 3.8) is 0 Å². The van der Waals surface area contributed by atoms with Crippen molar-refractivity contribution in [3.8, 4) is 0 Å². The molecule has 25 heavy (non-hydrogen) atoms. The molecule has 0 aromatic heterocycles. The van der Waals surface area contributed by atoms with Gasteiger partial charge in [0.05, 0.1) is 0 Å². The second-order valence-electron chi connectivity index (χ2n) is 5.89. The number of nitrogens with zero attached hydrogens (tertiary/aromatic N) is 1. The van der Waals surface area contributed by atoms with Gasteiger partial charge in [-0.05, 0) is 43.5 Å². The average Bonchev–Trinajstić information content (AvgIpc) is 2.60. The molecule has 0 fully saturated rings. The summed E-state index contributed by atoms with van der Waals surface area (Å²) in [7, 11) is 0. The molecule has 140 valence electrons. The molecule has 0 aliphatic rings. The third-order valence-electron chi connectivity index (χ3n) is 3.64. The molecule has 2 amide bonds. The summed E-state index contributed by atoms with van der Waals surface area (Å²) in [6.07, 6.45) is 3.41. The molecular weight excluding hydrogens is 356 g/mol. The topological polar surface area (TPSA) is 49.4 Å². The number of rotatable bonds is 12. The maximum Gasteiger partial charge on any atom is 0.222 e. The van der Waals surface area contributed by atoms with Gasteiger partial charge < -0.3 is 10.2 Å². The van der Waals surface area contributed by atoms with E-state index in [-0.39, 0.29) is 11.8 Å². The molecule has 0 unspecified atom stereocenters. The van der Waals surface area contributed by atoms with Gasteiger partial charge in [-0.15, -0.1) is 11.8 Å². The summed E-state index contributed by atoms with van der Waals surface area (Å²) in [5.74, 6) is 0.990. The first kappa shape index (κ1) is 21.8. The third-order valence-corrected chi connectivity index (χ3v) is 4.91. The number of amides is 2. The van der Waals surface area contributed by atoms with Gasteiger partial charge in [0.25, 0.3) is 0 Å². The number of hydrogen-bond donors (Lipinski definition) is 1. The van der Waals surface area contributed by atoms with E-state index < -0.39 is 0 Å². The molecule has 0 radical (unpaired) electrons. The fourth-order valence-electron chi connectivity index (χ4n) is 2.44. The van der Waals surface area contributed by atoms with Gasteiger partial charge >= 0.3 is 0 Å². The lowest BCUT2D eigenvalue weighted by molar-refractivity contribution is -0.131. The summed E-state index contributed by atoms with van der Waals surface area (Å²) in [4.78, 5) is 27.0. The Balaban J connectivity index is 2.13. The fraction of sp³-hybridized carbons (Fsp3) is 0.579. The summed E-state index contributed by atoms with van der Waals surface area (Å²) in [5, 5.41) is 3.63. The van der Waals surface area contributed by atoms with Crippen molar-refractivity contribution < 1.29 is 9.59 Å². The predicted molar refractivity (Wildman–Crippen MR) is 106 cm³/mol. The van der Waals surface area contributed by atoms with Crippen LogP contribution in [0.25, 0.3) is 0 Å². The highest BCUT2D eigenvalue weighted by Crippen LogP contribution is 2.19. The highest BCUT2D eigenvalue weighted by atomic mass is 35.5. The normalized spacial score (nSPS) is 10.5. The van der Waals surface area contributed by atoms with Gasteiger partial charge in [-0.1, -0.05) is 25.4 Å².